The van der Waals surface area contributed by atoms with Gasteiger partial charge in [0.15, 0.2) is 9.84 Å². The molecule has 0 N–H and O–H groups in total. The maximum absolute atomic E-state index is 12.1. The molecule has 0 radical (unpaired) electrons. The van der Waals surface area contributed by atoms with Crippen molar-refractivity contribution >= 4 is 22.4 Å². The van der Waals surface area contributed by atoms with Gasteiger partial charge in [-0.3, -0.25) is 0 Å². The van der Waals surface area contributed by atoms with Crippen LogP contribution in [0, 0.1) is 0 Å². The predicted molar refractivity (Wildman–Crippen MR) is 79.7 cm³/mol. The molecule has 21 heavy (non-hydrogen) atoms. The second kappa shape index (κ2) is 4.47. The highest BCUT2D eigenvalue weighted by Gasteiger charge is 2.52. The minimum Gasteiger partial charge on any atom is -0.491 e. The first-order valence-electron chi connectivity index (χ1n) is 6.98. The molecule has 1 aromatic rings. The van der Waals surface area contributed by atoms with E-state index >= 15 is 0 Å². The summed E-state index contributed by atoms with van der Waals surface area (Å²) in [5, 5.41) is 0. The van der Waals surface area contributed by atoms with Crippen LogP contribution < -0.4 is 10.2 Å². The van der Waals surface area contributed by atoms with Crippen molar-refractivity contribution in [1.29, 1.82) is 0 Å². The highest BCUT2D eigenvalue weighted by Crippen LogP contribution is 2.37. The lowest BCUT2D eigenvalue weighted by atomic mass is 9.79. The molecule has 1 fully saturated rings. The van der Waals surface area contributed by atoms with E-state index in [4.69, 9.17) is 14.0 Å². The Morgan fingerprint density at radius 1 is 1.10 bits per heavy atom. The molecule has 3 rings (SSSR count). The van der Waals surface area contributed by atoms with E-state index in [1.54, 1.807) is 18.2 Å². The molecule has 0 spiro atoms. The lowest BCUT2D eigenvalue weighted by Crippen LogP contribution is -2.41. The summed E-state index contributed by atoms with van der Waals surface area (Å²) in [5.41, 5.74) is -0.215. The molecule has 0 aromatic heterocycles. The van der Waals surface area contributed by atoms with Crippen LogP contribution in [0.4, 0.5) is 0 Å². The second-order valence-corrected chi connectivity index (χ2v) is 8.54. The van der Waals surface area contributed by atoms with E-state index < -0.39 is 28.2 Å². The Bertz CT molecular complexity index is 665. The van der Waals surface area contributed by atoms with Crippen LogP contribution in [0.2, 0.25) is 0 Å². The van der Waals surface area contributed by atoms with Gasteiger partial charge in [-0.05, 0) is 45.3 Å². The number of hydrogen-bond acceptors (Lipinski definition) is 5. The lowest BCUT2D eigenvalue weighted by Gasteiger charge is -2.32. The Labute approximate surface area is 125 Å². The molecule has 2 aliphatic heterocycles. The third-order valence-electron chi connectivity index (χ3n) is 4.44. The standard InChI is InChI=1S/C14H19BO5S/c1-13(2)14(3,4)20-15(19-13)10-5-6-11-12(9-10)21(16,17)8-7-18-11/h5-6,9H,7-8H2,1-4H3. The highest BCUT2D eigenvalue weighted by atomic mass is 32.2. The molecule has 2 heterocycles. The summed E-state index contributed by atoms with van der Waals surface area (Å²) >= 11 is 0. The molecule has 0 saturated carbocycles. The van der Waals surface area contributed by atoms with E-state index in [2.05, 4.69) is 0 Å². The number of ether oxygens (including phenoxy) is 1. The van der Waals surface area contributed by atoms with Crippen molar-refractivity contribution in [2.75, 3.05) is 12.4 Å². The van der Waals surface area contributed by atoms with Gasteiger partial charge in [-0.2, -0.15) is 0 Å². The Kier molecular flexibility index (Phi) is 3.17. The zero-order valence-corrected chi connectivity index (χ0v) is 13.5. The zero-order chi connectivity index (χ0) is 15.5. The molecule has 0 amide bonds. The van der Waals surface area contributed by atoms with Gasteiger partial charge in [-0.15, -0.1) is 0 Å². The number of benzene rings is 1. The van der Waals surface area contributed by atoms with E-state index in [1.807, 2.05) is 27.7 Å². The number of hydrogen-bond donors (Lipinski definition) is 0. The molecule has 114 valence electrons. The maximum Gasteiger partial charge on any atom is 0.494 e. The van der Waals surface area contributed by atoms with Crippen molar-refractivity contribution in [2.24, 2.45) is 0 Å². The number of rotatable bonds is 1. The normalized spacial score (nSPS) is 25.2. The van der Waals surface area contributed by atoms with Crippen LogP contribution in [-0.4, -0.2) is 39.1 Å². The van der Waals surface area contributed by atoms with Crippen LogP contribution in [0.5, 0.6) is 5.75 Å². The van der Waals surface area contributed by atoms with Crippen molar-refractivity contribution < 1.29 is 22.5 Å². The Balaban J connectivity index is 1.99. The Morgan fingerprint density at radius 3 is 2.33 bits per heavy atom. The average Bonchev–Trinajstić information content (AvgIpc) is 2.58. The minimum atomic E-state index is -3.29. The average molecular weight is 310 g/mol. The van der Waals surface area contributed by atoms with Crippen molar-refractivity contribution in [3.8, 4) is 5.75 Å². The van der Waals surface area contributed by atoms with Gasteiger partial charge in [0.2, 0.25) is 0 Å². The van der Waals surface area contributed by atoms with E-state index in [-0.39, 0.29) is 17.3 Å². The fourth-order valence-electron chi connectivity index (χ4n) is 2.38. The summed E-state index contributed by atoms with van der Waals surface area (Å²) in [7, 11) is -3.86. The van der Waals surface area contributed by atoms with Gasteiger partial charge in [0.1, 0.15) is 17.3 Å². The van der Waals surface area contributed by atoms with Gasteiger partial charge in [0, 0.05) is 0 Å². The van der Waals surface area contributed by atoms with E-state index in [0.29, 0.717) is 11.2 Å². The Morgan fingerprint density at radius 2 is 1.71 bits per heavy atom. The van der Waals surface area contributed by atoms with E-state index in [0.717, 1.165) is 0 Å². The minimum absolute atomic E-state index is 0.00677. The van der Waals surface area contributed by atoms with E-state index in [1.165, 1.54) is 0 Å². The molecular weight excluding hydrogens is 291 g/mol. The SMILES string of the molecule is CC1(C)OB(c2ccc3c(c2)S(=O)(=O)CCO3)OC1(C)C. The van der Waals surface area contributed by atoms with Crippen LogP contribution in [0.1, 0.15) is 27.7 Å². The fraction of sp³-hybridized carbons (Fsp3) is 0.571. The smallest absolute Gasteiger partial charge is 0.491 e. The van der Waals surface area contributed by atoms with E-state index in [9.17, 15) is 8.42 Å². The fourth-order valence-corrected chi connectivity index (χ4v) is 3.66. The highest BCUT2D eigenvalue weighted by molar-refractivity contribution is 7.91. The summed E-state index contributed by atoms with van der Waals surface area (Å²) in [5.74, 6) is 0.411. The third kappa shape index (κ3) is 2.37. The van der Waals surface area contributed by atoms with Crippen molar-refractivity contribution in [2.45, 2.75) is 43.8 Å². The molecule has 5 nitrogen and oxygen atoms in total. The third-order valence-corrected chi connectivity index (χ3v) is 6.13. The zero-order valence-electron chi connectivity index (χ0n) is 12.7. The largest absolute Gasteiger partial charge is 0.494 e. The van der Waals surface area contributed by atoms with Crippen molar-refractivity contribution in [1.82, 2.24) is 0 Å². The topological polar surface area (TPSA) is 61.8 Å². The van der Waals surface area contributed by atoms with Crippen LogP contribution in [0.25, 0.3) is 0 Å². The quantitative estimate of drug-likeness (QED) is 0.728. The molecule has 1 saturated heterocycles. The monoisotopic (exact) mass is 310 g/mol. The summed E-state index contributed by atoms with van der Waals surface area (Å²) in [4.78, 5) is 0.223. The van der Waals surface area contributed by atoms with Crippen molar-refractivity contribution in [3.05, 3.63) is 18.2 Å². The number of fused-ring (bicyclic) bond motifs is 1. The van der Waals surface area contributed by atoms with Gasteiger partial charge < -0.3 is 14.0 Å². The van der Waals surface area contributed by atoms with Crippen LogP contribution in [-0.2, 0) is 19.1 Å². The molecule has 0 unspecified atom stereocenters. The second-order valence-electron chi connectivity index (χ2n) is 6.46. The van der Waals surface area contributed by atoms with Crippen LogP contribution >= 0.6 is 0 Å². The van der Waals surface area contributed by atoms with Crippen molar-refractivity contribution in [3.63, 3.8) is 0 Å². The first-order valence-corrected chi connectivity index (χ1v) is 8.63. The number of sulfone groups is 1. The summed E-state index contributed by atoms with van der Waals surface area (Å²) in [6.07, 6.45) is 0. The van der Waals surface area contributed by atoms with Gasteiger partial charge >= 0.3 is 7.12 Å². The van der Waals surface area contributed by atoms with Crippen LogP contribution in [0.3, 0.4) is 0 Å². The molecular formula is C14H19BO5S. The maximum atomic E-state index is 12.1. The lowest BCUT2D eigenvalue weighted by molar-refractivity contribution is 0.00578. The molecule has 2 aliphatic rings. The summed E-state index contributed by atoms with van der Waals surface area (Å²) in [6, 6.07) is 5.07. The van der Waals surface area contributed by atoms with Gasteiger partial charge in [-0.1, -0.05) is 6.07 Å². The molecule has 0 aliphatic carbocycles. The summed E-state index contributed by atoms with van der Waals surface area (Å²) < 4.78 is 41.6. The molecule has 1 aromatic carbocycles. The first-order chi connectivity index (χ1) is 9.62. The van der Waals surface area contributed by atoms with Gasteiger partial charge in [0.05, 0.1) is 17.0 Å². The van der Waals surface area contributed by atoms with Crippen LogP contribution in [0.15, 0.2) is 23.1 Å². The Hall–Kier alpha value is -1.05. The molecule has 0 bridgehead atoms. The first kappa shape index (κ1) is 14.9. The van der Waals surface area contributed by atoms with Gasteiger partial charge in [0.25, 0.3) is 0 Å². The predicted octanol–water partition coefficient (Wildman–Crippen LogP) is 1.15. The van der Waals surface area contributed by atoms with Gasteiger partial charge in [-0.25, -0.2) is 8.42 Å². The molecule has 0 atom stereocenters. The summed E-state index contributed by atoms with van der Waals surface area (Å²) in [6.45, 7) is 8.05. The molecule has 7 heteroatoms.